The van der Waals surface area contributed by atoms with Crippen LogP contribution in [0, 0.1) is 0 Å². The van der Waals surface area contributed by atoms with Crippen molar-refractivity contribution >= 4 is 141 Å². The number of anilines is 6. The van der Waals surface area contributed by atoms with Crippen LogP contribution < -0.4 is 9.80 Å². The second kappa shape index (κ2) is 31.2. The third-order valence-electron chi connectivity index (χ3n) is 25.3. The van der Waals surface area contributed by atoms with E-state index in [4.69, 9.17) is 0 Å². The van der Waals surface area contributed by atoms with Crippen molar-refractivity contribution < 1.29 is 0 Å². The number of hydrogen-bond donors (Lipinski definition) is 0. The van der Waals surface area contributed by atoms with Crippen molar-refractivity contribution in [2.75, 3.05) is 9.80 Å². The molecule has 24 rings (SSSR count). The Hall–Kier alpha value is -16.0. The van der Waals surface area contributed by atoms with E-state index in [2.05, 4.69) is 492 Å². The first-order chi connectivity index (χ1) is 62.4. The average Bonchev–Trinajstić information content (AvgIpc) is 1.57. The smallest absolute Gasteiger partial charge is 0.0640 e. The van der Waals surface area contributed by atoms with E-state index < -0.39 is 0 Å². The zero-order chi connectivity index (χ0) is 83.1. The number of rotatable bonds is 17. The van der Waals surface area contributed by atoms with Crippen LogP contribution in [0.3, 0.4) is 0 Å². The molecule has 0 N–H and O–H groups in total. The normalized spacial score (nSPS) is 11.7. The molecule has 590 valence electrons. The van der Waals surface area contributed by atoms with Gasteiger partial charge in [0.1, 0.15) is 0 Å². The lowest BCUT2D eigenvalue weighted by molar-refractivity contribution is 1.19. The minimum Gasteiger partial charge on any atom is -0.310 e. The maximum absolute atomic E-state index is 2.51. The molecule has 0 aliphatic rings. The highest BCUT2D eigenvalue weighted by Crippen LogP contribution is 2.49. The van der Waals surface area contributed by atoms with Crippen LogP contribution in [0.5, 0.6) is 0 Å². The Balaban J connectivity index is 0.481. The molecule has 6 heteroatoms. The van der Waals surface area contributed by atoms with Crippen molar-refractivity contribution in [2.24, 2.45) is 0 Å². The molecule has 0 aliphatic heterocycles. The molecule has 4 aromatic heterocycles. The number of hydrogen-bond acceptors (Lipinski definition) is 4. The SMILES string of the molecule is c1ccc(-c2ccc(-c3ccc(N(c4ccccc4)c4cccc(-c5cccc(-c6cccc7c6c6ccccc6n7-c6cccc7c6sc6ccc(-c8ccc(-c9ccc(-c%10ccc(N(c%11ccccc%11)c%11cccc(-c%12cccc(-c%13cccc%14c%13c%13ccccc%13n%14-c%13ccc%14c(c%13)sc%13ccccc%13%14)c%12)c%11)cc%10)cc9)cc8)cc67)c5)c4)cc3)cc2)cc1. The Kier molecular flexibility index (Phi) is 18.3. The lowest BCUT2D eigenvalue weighted by Crippen LogP contribution is -2.09. The summed E-state index contributed by atoms with van der Waals surface area (Å²) < 4.78 is 10.1. The summed E-state index contributed by atoms with van der Waals surface area (Å²) in [6.07, 6.45) is 0. The number of thiophene rings is 2. The molecule has 20 aromatic carbocycles. The summed E-state index contributed by atoms with van der Waals surface area (Å²) in [6, 6.07) is 174. The second-order valence-electron chi connectivity index (χ2n) is 32.6. The first-order valence-corrected chi connectivity index (χ1v) is 44.7. The summed E-state index contributed by atoms with van der Waals surface area (Å²) in [7, 11) is 0. The Labute approximate surface area is 738 Å². The fraction of sp³-hybridized carbons (Fsp3) is 0. The molecule has 0 radical (unpaired) electrons. The second-order valence-corrected chi connectivity index (χ2v) is 34.8. The molecule has 0 spiro atoms. The van der Waals surface area contributed by atoms with E-state index in [9.17, 15) is 0 Å². The van der Waals surface area contributed by atoms with Crippen LogP contribution in [0.2, 0.25) is 0 Å². The summed E-state index contributed by atoms with van der Waals surface area (Å²) in [5, 5.41) is 10.1. The van der Waals surface area contributed by atoms with E-state index in [-0.39, 0.29) is 0 Å². The van der Waals surface area contributed by atoms with Crippen LogP contribution in [0.15, 0.2) is 473 Å². The van der Waals surface area contributed by atoms with Gasteiger partial charge in [-0.25, -0.2) is 0 Å². The van der Waals surface area contributed by atoms with E-state index in [1.165, 1.54) is 168 Å². The Morgan fingerprint density at radius 1 is 0.167 bits per heavy atom. The van der Waals surface area contributed by atoms with Gasteiger partial charge in [-0.2, -0.15) is 0 Å². The van der Waals surface area contributed by atoms with Gasteiger partial charge in [0, 0.05) is 97.0 Å². The molecule has 0 bridgehead atoms. The lowest BCUT2D eigenvalue weighted by Gasteiger charge is -2.26. The first-order valence-electron chi connectivity index (χ1n) is 43.1. The predicted molar refractivity (Wildman–Crippen MR) is 539 cm³/mol. The molecule has 0 aliphatic carbocycles. The van der Waals surface area contributed by atoms with Crippen molar-refractivity contribution in [3.05, 3.63) is 473 Å². The minimum atomic E-state index is 1.08. The zero-order valence-electron chi connectivity index (χ0n) is 68.6. The molecule has 0 saturated carbocycles. The van der Waals surface area contributed by atoms with E-state index in [0.29, 0.717) is 0 Å². The fourth-order valence-electron chi connectivity index (χ4n) is 19.3. The van der Waals surface area contributed by atoms with Crippen molar-refractivity contribution in [1.29, 1.82) is 0 Å². The summed E-state index contributed by atoms with van der Waals surface area (Å²) in [6.45, 7) is 0. The summed E-state index contributed by atoms with van der Waals surface area (Å²) in [4.78, 5) is 4.72. The number of aromatic nitrogens is 2. The molecular formula is C120H78N4S2. The van der Waals surface area contributed by atoms with E-state index >= 15 is 0 Å². The number of benzene rings is 20. The van der Waals surface area contributed by atoms with Crippen molar-refractivity contribution in [3.63, 3.8) is 0 Å². The Morgan fingerprint density at radius 2 is 0.500 bits per heavy atom. The molecule has 0 unspecified atom stereocenters. The molecule has 0 amide bonds. The molecule has 24 aromatic rings. The summed E-state index contributed by atoms with van der Waals surface area (Å²) >= 11 is 3.74. The number of nitrogens with zero attached hydrogens (tertiary/aromatic N) is 4. The highest BCUT2D eigenvalue weighted by atomic mass is 32.1. The van der Waals surface area contributed by atoms with Gasteiger partial charge < -0.3 is 18.9 Å². The third kappa shape index (κ3) is 13.1. The molecule has 0 saturated heterocycles. The van der Waals surface area contributed by atoms with Gasteiger partial charge in [0.15, 0.2) is 0 Å². The monoisotopic (exact) mass is 1640 g/mol. The molecular weight excluding hydrogens is 1560 g/mol. The average molecular weight is 1640 g/mol. The molecule has 126 heavy (non-hydrogen) atoms. The lowest BCUT2D eigenvalue weighted by atomic mass is 9.95. The maximum atomic E-state index is 2.51. The largest absolute Gasteiger partial charge is 0.310 e. The van der Waals surface area contributed by atoms with Crippen molar-refractivity contribution in [1.82, 2.24) is 9.13 Å². The number of para-hydroxylation sites is 4. The van der Waals surface area contributed by atoms with Gasteiger partial charge in [0.25, 0.3) is 0 Å². The Bertz CT molecular complexity index is 8290. The van der Waals surface area contributed by atoms with Crippen molar-refractivity contribution in [3.8, 4) is 112 Å². The van der Waals surface area contributed by atoms with Gasteiger partial charge in [-0.1, -0.05) is 328 Å². The van der Waals surface area contributed by atoms with E-state index in [0.717, 1.165) is 61.9 Å². The molecule has 4 nitrogen and oxygen atoms in total. The third-order valence-corrected chi connectivity index (χ3v) is 27.7. The van der Waals surface area contributed by atoms with Gasteiger partial charge in [-0.3, -0.25) is 0 Å². The summed E-state index contributed by atoms with van der Waals surface area (Å²) in [5.74, 6) is 0. The number of fused-ring (bicyclic) bond motifs is 12. The van der Waals surface area contributed by atoms with Gasteiger partial charge in [0.05, 0.1) is 32.5 Å². The van der Waals surface area contributed by atoms with Crippen LogP contribution in [-0.4, -0.2) is 9.13 Å². The van der Waals surface area contributed by atoms with E-state index in [1.54, 1.807) is 0 Å². The molecule has 0 fully saturated rings. The van der Waals surface area contributed by atoms with E-state index in [1.807, 2.05) is 22.7 Å². The predicted octanol–water partition coefficient (Wildman–Crippen LogP) is 34.6. The van der Waals surface area contributed by atoms with Crippen LogP contribution in [-0.2, 0) is 0 Å². The van der Waals surface area contributed by atoms with Crippen LogP contribution >= 0.6 is 22.7 Å². The maximum Gasteiger partial charge on any atom is 0.0640 e. The standard InChI is InChI=1S/C120H78N4S2/c1-4-23-79(24-5-1)80-49-51-83(52-50-80)85-61-66-97(67-62-85)121(95-31-6-2-7-32-95)100-36-19-28-91(76-100)89-26-17-30-94(74-89)103-41-21-46-113-119(103)108-39-11-14-44-111(108)124(113)114-47-22-42-106-109-77-92(65-72-116(109)126-120(106)114)87-59-57-82(58-60-87)81-53-55-84(56-54-81)86-63-68-98(69-64-86)122(96-33-8-3-9-34-96)99-35-18-27-90(75-99)88-25-16-29-93(73-88)102-40-20-45-112-118(102)107-38-10-13-43-110(107)123(112)101-70-71-105-104-37-12-15-48-115(104)125-117(105)78-101/h1-78H. The van der Waals surface area contributed by atoms with Crippen LogP contribution in [0.4, 0.5) is 34.1 Å². The minimum absolute atomic E-state index is 1.08. The first kappa shape index (κ1) is 73.9. The Morgan fingerprint density at radius 3 is 1.02 bits per heavy atom. The van der Waals surface area contributed by atoms with Gasteiger partial charge in [0.2, 0.25) is 0 Å². The summed E-state index contributed by atoms with van der Waals surface area (Å²) in [5.41, 5.74) is 34.9. The quantitative estimate of drug-likeness (QED) is 0.0903. The molecule has 0 atom stereocenters. The van der Waals surface area contributed by atoms with Crippen LogP contribution in [0.25, 0.3) is 195 Å². The topological polar surface area (TPSA) is 16.3 Å². The zero-order valence-corrected chi connectivity index (χ0v) is 70.3. The van der Waals surface area contributed by atoms with Gasteiger partial charge in [-0.05, 0) is 246 Å². The van der Waals surface area contributed by atoms with Gasteiger partial charge in [-0.15, -0.1) is 22.7 Å². The fourth-order valence-corrected chi connectivity index (χ4v) is 21.6. The highest BCUT2D eigenvalue weighted by molar-refractivity contribution is 7.26. The highest BCUT2D eigenvalue weighted by Gasteiger charge is 2.24. The molecule has 4 heterocycles. The van der Waals surface area contributed by atoms with Crippen molar-refractivity contribution in [2.45, 2.75) is 0 Å². The van der Waals surface area contributed by atoms with Crippen LogP contribution in [0.1, 0.15) is 0 Å². The van der Waals surface area contributed by atoms with Gasteiger partial charge >= 0.3 is 0 Å².